The Kier molecular flexibility index (Phi) is 4.71. The van der Waals surface area contributed by atoms with Crippen LogP contribution in [0.4, 0.5) is 0 Å². The molecule has 0 aliphatic rings. The SMILES string of the molecule is COC(=O)CC(CN)c1ccc(Br)cn1. The van der Waals surface area contributed by atoms with Gasteiger partial charge in [-0.25, -0.2) is 0 Å². The molecule has 1 unspecified atom stereocenters. The molecular formula is C10H13BrN2O2. The minimum absolute atomic E-state index is 0.0782. The molecule has 1 heterocycles. The minimum Gasteiger partial charge on any atom is -0.469 e. The molecule has 0 aromatic carbocycles. The van der Waals surface area contributed by atoms with Gasteiger partial charge in [-0.1, -0.05) is 0 Å². The lowest BCUT2D eigenvalue weighted by molar-refractivity contribution is -0.141. The van der Waals surface area contributed by atoms with Crippen molar-refractivity contribution >= 4 is 21.9 Å². The van der Waals surface area contributed by atoms with Gasteiger partial charge in [-0.15, -0.1) is 0 Å². The second kappa shape index (κ2) is 5.82. The normalized spacial score (nSPS) is 12.2. The van der Waals surface area contributed by atoms with Gasteiger partial charge < -0.3 is 10.5 Å². The lowest BCUT2D eigenvalue weighted by atomic mass is 10.0. The van der Waals surface area contributed by atoms with Crippen molar-refractivity contribution in [2.24, 2.45) is 5.73 Å². The molecule has 0 aliphatic heterocycles. The average molecular weight is 273 g/mol. The first kappa shape index (κ1) is 12.1. The van der Waals surface area contributed by atoms with Gasteiger partial charge in [-0.05, 0) is 28.1 Å². The Morgan fingerprint density at radius 1 is 1.67 bits per heavy atom. The van der Waals surface area contributed by atoms with Crippen LogP contribution in [0.15, 0.2) is 22.8 Å². The third-order valence-corrected chi connectivity index (χ3v) is 2.56. The number of carbonyl (C=O) groups excluding carboxylic acids is 1. The van der Waals surface area contributed by atoms with E-state index in [1.807, 2.05) is 12.1 Å². The van der Waals surface area contributed by atoms with Crippen LogP contribution in [0.3, 0.4) is 0 Å². The summed E-state index contributed by atoms with van der Waals surface area (Å²) in [7, 11) is 1.37. The van der Waals surface area contributed by atoms with E-state index in [4.69, 9.17) is 5.73 Å². The van der Waals surface area contributed by atoms with Gasteiger partial charge in [0.15, 0.2) is 0 Å². The van der Waals surface area contributed by atoms with E-state index in [9.17, 15) is 4.79 Å². The zero-order valence-corrected chi connectivity index (χ0v) is 10.0. The largest absolute Gasteiger partial charge is 0.469 e. The predicted molar refractivity (Wildman–Crippen MR) is 60.4 cm³/mol. The number of hydrogen-bond donors (Lipinski definition) is 1. The number of carbonyl (C=O) groups is 1. The summed E-state index contributed by atoms with van der Waals surface area (Å²) in [5.41, 5.74) is 6.40. The summed E-state index contributed by atoms with van der Waals surface area (Å²) >= 11 is 3.30. The number of halogens is 1. The average Bonchev–Trinajstić information content (AvgIpc) is 2.27. The monoisotopic (exact) mass is 272 g/mol. The highest BCUT2D eigenvalue weighted by atomic mass is 79.9. The first-order valence-corrected chi connectivity index (χ1v) is 5.35. The fraction of sp³-hybridized carbons (Fsp3) is 0.400. The number of nitrogens with two attached hydrogens (primary N) is 1. The quantitative estimate of drug-likeness (QED) is 0.843. The maximum atomic E-state index is 11.1. The first-order valence-electron chi connectivity index (χ1n) is 4.55. The number of ether oxygens (including phenoxy) is 1. The van der Waals surface area contributed by atoms with Crippen LogP contribution >= 0.6 is 15.9 Å². The number of aromatic nitrogens is 1. The topological polar surface area (TPSA) is 65.2 Å². The number of hydrogen-bond acceptors (Lipinski definition) is 4. The Morgan fingerprint density at radius 2 is 2.40 bits per heavy atom. The molecule has 2 N–H and O–H groups in total. The molecule has 5 heteroatoms. The molecule has 0 radical (unpaired) electrons. The summed E-state index contributed by atoms with van der Waals surface area (Å²) in [6, 6.07) is 3.73. The molecule has 0 bridgehead atoms. The van der Waals surface area contributed by atoms with Crippen molar-refractivity contribution in [2.45, 2.75) is 12.3 Å². The van der Waals surface area contributed by atoms with Crippen LogP contribution in [0, 0.1) is 0 Å². The molecule has 0 fully saturated rings. The number of rotatable bonds is 4. The zero-order valence-electron chi connectivity index (χ0n) is 8.44. The van der Waals surface area contributed by atoms with Crippen LogP contribution < -0.4 is 5.73 Å². The van der Waals surface area contributed by atoms with E-state index in [0.717, 1.165) is 10.2 Å². The third kappa shape index (κ3) is 3.60. The Hall–Kier alpha value is -0.940. The molecule has 0 saturated heterocycles. The van der Waals surface area contributed by atoms with E-state index < -0.39 is 0 Å². The van der Waals surface area contributed by atoms with Crippen molar-refractivity contribution in [2.75, 3.05) is 13.7 Å². The van der Waals surface area contributed by atoms with Crippen molar-refractivity contribution in [1.82, 2.24) is 4.98 Å². The van der Waals surface area contributed by atoms with Gasteiger partial charge in [0.1, 0.15) is 0 Å². The molecule has 1 atom stereocenters. The fourth-order valence-electron chi connectivity index (χ4n) is 1.22. The molecule has 1 rings (SSSR count). The lowest BCUT2D eigenvalue weighted by Crippen LogP contribution is -2.18. The molecule has 1 aromatic rings. The molecule has 0 amide bonds. The smallest absolute Gasteiger partial charge is 0.306 e. The highest BCUT2D eigenvalue weighted by Gasteiger charge is 2.15. The van der Waals surface area contributed by atoms with Crippen molar-refractivity contribution in [3.63, 3.8) is 0 Å². The van der Waals surface area contributed by atoms with E-state index in [-0.39, 0.29) is 18.3 Å². The van der Waals surface area contributed by atoms with E-state index in [1.165, 1.54) is 7.11 Å². The zero-order chi connectivity index (χ0) is 11.3. The number of methoxy groups -OCH3 is 1. The summed E-state index contributed by atoms with van der Waals surface area (Å²) in [4.78, 5) is 15.3. The van der Waals surface area contributed by atoms with E-state index >= 15 is 0 Å². The van der Waals surface area contributed by atoms with E-state index in [0.29, 0.717) is 6.54 Å². The van der Waals surface area contributed by atoms with Crippen LogP contribution in [0.2, 0.25) is 0 Å². The van der Waals surface area contributed by atoms with Crippen LogP contribution in [-0.4, -0.2) is 24.6 Å². The van der Waals surface area contributed by atoms with Gasteiger partial charge in [0.2, 0.25) is 0 Å². The van der Waals surface area contributed by atoms with Crippen LogP contribution in [-0.2, 0) is 9.53 Å². The van der Waals surface area contributed by atoms with Gasteiger partial charge in [0.05, 0.1) is 13.5 Å². The minimum atomic E-state index is -0.268. The van der Waals surface area contributed by atoms with Crippen molar-refractivity contribution < 1.29 is 9.53 Å². The number of nitrogens with zero attached hydrogens (tertiary/aromatic N) is 1. The fourth-order valence-corrected chi connectivity index (χ4v) is 1.46. The highest BCUT2D eigenvalue weighted by molar-refractivity contribution is 9.10. The maximum Gasteiger partial charge on any atom is 0.306 e. The molecule has 0 spiro atoms. The number of esters is 1. The summed E-state index contributed by atoms with van der Waals surface area (Å²) in [6.45, 7) is 0.379. The van der Waals surface area contributed by atoms with Gasteiger partial charge in [0.25, 0.3) is 0 Å². The molecule has 4 nitrogen and oxygen atoms in total. The lowest BCUT2D eigenvalue weighted by Gasteiger charge is -2.12. The molecule has 0 aliphatic carbocycles. The summed E-state index contributed by atoms with van der Waals surface area (Å²) in [5.74, 6) is -0.347. The predicted octanol–water partition coefficient (Wildman–Crippen LogP) is 1.45. The van der Waals surface area contributed by atoms with Crippen molar-refractivity contribution in [3.8, 4) is 0 Å². The summed E-state index contributed by atoms with van der Waals surface area (Å²) in [5, 5.41) is 0. The van der Waals surface area contributed by atoms with Crippen molar-refractivity contribution in [3.05, 3.63) is 28.5 Å². The molecule has 0 saturated carbocycles. The van der Waals surface area contributed by atoms with E-state index in [2.05, 4.69) is 25.7 Å². The van der Waals surface area contributed by atoms with Crippen LogP contribution in [0.25, 0.3) is 0 Å². The van der Waals surface area contributed by atoms with Gasteiger partial charge >= 0.3 is 5.97 Å². The maximum absolute atomic E-state index is 11.1. The van der Waals surface area contributed by atoms with Gasteiger partial charge in [-0.3, -0.25) is 9.78 Å². The highest BCUT2D eigenvalue weighted by Crippen LogP contribution is 2.18. The van der Waals surface area contributed by atoms with Gasteiger partial charge in [-0.2, -0.15) is 0 Å². The third-order valence-electron chi connectivity index (χ3n) is 2.09. The van der Waals surface area contributed by atoms with Crippen molar-refractivity contribution in [1.29, 1.82) is 0 Å². The van der Waals surface area contributed by atoms with E-state index in [1.54, 1.807) is 6.20 Å². The second-order valence-corrected chi connectivity index (χ2v) is 4.03. The summed E-state index contributed by atoms with van der Waals surface area (Å²) in [6.07, 6.45) is 1.96. The molecule has 15 heavy (non-hydrogen) atoms. The molecule has 1 aromatic heterocycles. The van der Waals surface area contributed by atoms with Crippen LogP contribution in [0.5, 0.6) is 0 Å². The van der Waals surface area contributed by atoms with Crippen LogP contribution in [0.1, 0.15) is 18.0 Å². The standard InChI is InChI=1S/C10H13BrN2O2/c1-15-10(14)4-7(5-12)9-3-2-8(11)6-13-9/h2-3,6-7H,4-5,12H2,1H3. The molecule has 82 valence electrons. The number of pyridine rings is 1. The van der Waals surface area contributed by atoms with Gasteiger partial charge in [0, 0.05) is 28.8 Å². The Labute approximate surface area is 97.0 Å². The molecular weight excluding hydrogens is 260 g/mol. The summed E-state index contributed by atoms with van der Waals surface area (Å²) < 4.78 is 5.50. The Balaban J connectivity index is 2.74. The Bertz CT molecular complexity index is 327. The first-order chi connectivity index (χ1) is 7.17. The Morgan fingerprint density at radius 3 is 2.87 bits per heavy atom. The second-order valence-electron chi connectivity index (χ2n) is 3.11.